The standard InChI is InChI=1S/C16H30O2Si/c1-17-19(3,18-2)15-11-7-5-4-6-8-12-16-13-9-10-14-16/h9,13-14H,4-8,10-12,15H2,1-3H3. The number of hydrogen-bond acceptors (Lipinski definition) is 2. The quantitative estimate of drug-likeness (QED) is 0.393. The van der Waals surface area contributed by atoms with Crippen molar-refractivity contribution >= 4 is 8.56 Å². The summed E-state index contributed by atoms with van der Waals surface area (Å²) in [6, 6.07) is 1.12. The van der Waals surface area contributed by atoms with E-state index in [9.17, 15) is 0 Å². The highest BCUT2D eigenvalue weighted by molar-refractivity contribution is 6.65. The number of allylic oxidation sites excluding steroid dienone is 4. The molecule has 1 aliphatic rings. The Balaban J connectivity index is 1.89. The van der Waals surface area contributed by atoms with E-state index in [0.717, 1.165) is 12.5 Å². The van der Waals surface area contributed by atoms with Crippen LogP contribution in [0.15, 0.2) is 23.8 Å². The Kier molecular flexibility index (Phi) is 8.34. The molecule has 2 nitrogen and oxygen atoms in total. The first-order valence-electron chi connectivity index (χ1n) is 7.66. The second kappa shape index (κ2) is 9.51. The van der Waals surface area contributed by atoms with Gasteiger partial charge in [0.1, 0.15) is 0 Å². The van der Waals surface area contributed by atoms with Crippen molar-refractivity contribution in [2.45, 2.75) is 64.0 Å². The average Bonchev–Trinajstić information content (AvgIpc) is 2.94. The van der Waals surface area contributed by atoms with E-state index in [-0.39, 0.29) is 0 Å². The van der Waals surface area contributed by atoms with Crippen molar-refractivity contribution in [3.8, 4) is 0 Å². The van der Waals surface area contributed by atoms with Crippen molar-refractivity contribution in [3.05, 3.63) is 23.8 Å². The van der Waals surface area contributed by atoms with Crippen LogP contribution in [-0.4, -0.2) is 22.8 Å². The maximum atomic E-state index is 5.49. The summed E-state index contributed by atoms with van der Waals surface area (Å²) in [4.78, 5) is 0. The van der Waals surface area contributed by atoms with Gasteiger partial charge in [-0.3, -0.25) is 0 Å². The van der Waals surface area contributed by atoms with E-state index in [2.05, 4.69) is 24.8 Å². The van der Waals surface area contributed by atoms with Gasteiger partial charge >= 0.3 is 8.56 Å². The number of unbranched alkanes of at least 4 members (excludes halogenated alkanes) is 5. The molecule has 0 heterocycles. The normalized spacial score (nSPS) is 15.0. The molecule has 0 bridgehead atoms. The SMILES string of the molecule is CO[Si](C)(CCCCCCCCC1=CCC=C1)OC. The molecule has 0 aromatic rings. The highest BCUT2D eigenvalue weighted by Gasteiger charge is 2.27. The third-order valence-corrected chi connectivity index (χ3v) is 7.05. The second-order valence-electron chi connectivity index (χ2n) is 5.58. The lowest BCUT2D eigenvalue weighted by molar-refractivity contribution is 0.248. The van der Waals surface area contributed by atoms with Gasteiger partial charge in [0, 0.05) is 14.2 Å². The molecule has 0 aliphatic heterocycles. The Morgan fingerprint density at radius 2 is 1.63 bits per heavy atom. The van der Waals surface area contributed by atoms with Gasteiger partial charge in [-0.2, -0.15) is 0 Å². The van der Waals surface area contributed by atoms with Crippen LogP contribution in [0.1, 0.15) is 51.4 Å². The molecule has 110 valence electrons. The molecular formula is C16H30O2Si. The van der Waals surface area contributed by atoms with Gasteiger partial charge in [0.2, 0.25) is 0 Å². The maximum Gasteiger partial charge on any atom is 0.334 e. The van der Waals surface area contributed by atoms with E-state index >= 15 is 0 Å². The highest BCUT2D eigenvalue weighted by atomic mass is 28.4. The summed E-state index contributed by atoms with van der Waals surface area (Å²) >= 11 is 0. The zero-order chi connectivity index (χ0) is 14.0. The summed E-state index contributed by atoms with van der Waals surface area (Å²) in [6.45, 7) is 2.15. The average molecular weight is 282 g/mol. The maximum absolute atomic E-state index is 5.49. The molecule has 0 N–H and O–H groups in total. The minimum Gasteiger partial charge on any atom is -0.398 e. The molecule has 0 fully saturated rings. The molecule has 0 saturated heterocycles. The van der Waals surface area contributed by atoms with Crippen LogP contribution in [0.5, 0.6) is 0 Å². The molecule has 0 aromatic carbocycles. The van der Waals surface area contributed by atoms with Gasteiger partial charge in [-0.05, 0) is 31.9 Å². The molecule has 0 spiro atoms. The third-order valence-electron chi connectivity index (χ3n) is 4.06. The summed E-state index contributed by atoms with van der Waals surface area (Å²) in [5.74, 6) is 0. The Morgan fingerprint density at radius 3 is 2.21 bits per heavy atom. The lowest BCUT2D eigenvalue weighted by atomic mass is 10.1. The van der Waals surface area contributed by atoms with Crippen molar-refractivity contribution in [2.75, 3.05) is 14.2 Å². The van der Waals surface area contributed by atoms with Gasteiger partial charge in [0.15, 0.2) is 0 Å². The fourth-order valence-electron chi connectivity index (χ4n) is 2.46. The Bertz CT molecular complexity index is 293. The largest absolute Gasteiger partial charge is 0.398 e. The predicted molar refractivity (Wildman–Crippen MR) is 84.6 cm³/mol. The van der Waals surface area contributed by atoms with E-state index < -0.39 is 8.56 Å². The first-order valence-corrected chi connectivity index (χ1v) is 10.2. The molecule has 0 atom stereocenters. The molecular weight excluding hydrogens is 252 g/mol. The molecule has 0 amide bonds. The van der Waals surface area contributed by atoms with Crippen LogP contribution < -0.4 is 0 Å². The monoisotopic (exact) mass is 282 g/mol. The first kappa shape index (κ1) is 16.7. The van der Waals surface area contributed by atoms with E-state index in [1.54, 1.807) is 19.8 Å². The van der Waals surface area contributed by atoms with Crippen molar-refractivity contribution < 1.29 is 8.85 Å². The minimum atomic E-state index is -1.81. The molecule has 0 unspecified atom stereocenters. The van der Waals surface area contributed by atoms with Crippen LogP contribution in [0.2, 0.25) is 12.6 Å². The van der Waals surface area contributed by atoms with Crippen LogP contribution in [0.3, 0.4) is 0 Å². The first-order chi connectivity index (χ1) is 9.20. The van der Waals surface area contributed by atoms with E-state index in [0.29, 0.717) is 0 Å². The fraction of sp³-hybridized carbons (Fsp3) is 0.750. The summed E-state index contributed by atoms with van der Waals surface area (Å²) in [5, 5.41) is 0. The van der Waals surface area contributed by atoms with Gasteiger partial charge < -0.3 is 8.85 Å². The van der Waals surface area contributed by atoms with Gasteiger partial charge in [0.25, 0.3) is 0 Å². The van der Waals surface area contributed by atoms with Crippen molar-refractivity contribution in [3.63, 3.8) is 0 Å². The topological polar surface area (TPSA) is 18.5 Å². The van der Waals surface area contributed by atoms with Gasteiger partial charge in [-0.15, -0.1) is 0 Å². The molecule has 0 saturated carbocycles. The smallest absolute Gasteiger partial charge is 0.334 e. The lowest BCUT2D eigenvalue weighted by Gasteiger charge is -2.22. The van der Waals surface area contributed by atoms with Crippen LogP contribution in [0, 0.1) is 0 Å². The van der Waals surface area contributed by atoms with Crippen LogP contribution >= 0.6 is 0 Å². The Hall–Kier alpha value is -0.383. The summed E-state index contributed by atoms with van der Waals surface area (Å²) in [6.07, 6.45) is 17.3. The second-order valence-corrected chi connectivity index (χ2v) is 9.16. The summed E-state index contributed by atoms with van der Waals surface area (Å²) in [7, 11) is 1.75. The number of rotatable bonds is 11. The molecule has 0 radical (unpaired) electrons. The van der Waals surface area contributed by atoms with Crippen molar-refractivity contribution in [1.82, 2.24) is 0 Å². The van der Waals surface area contributed by atoms with E-state index in [4.69, 9.17) is 8.85 Å². The van der Waals surface area contributed by atoms with E-state index in [1.807, 2.05) is 0 Å². The number of hydrogen-bond donors (Lipinski definition) is 0. The predicted octanol–water partition coefficient (Wildman–Crippen LogP) is 4.97. The Morgan fingerprint density at radius 1 is 1.00 bits per heavy atom. The summed E-state index contributed by atoms with van der Waals surface area (Å²) < 4.78 is 11.0. The molecule has 19 heavy (non-hydrogen) atoms. The van der Waals surface area contributed by atoms with Crippen molar-refractivity contribution in [2.24, 2.45) is 0 Å². The molecule has 1 rings (SSSR count). The zero-order valence-electron chi connectivity index (χ0n) is 12.9. The van der Waals surface area contributed by atoms with Gasteiger partial charge in [-0.25, -0.2) is 0 Å². The highest BCUT2D eigenvalue weighted by Crippen LogP contribution is 2.19. The Labute approximate surface area is 120 Å². The van der Waals surface area contributed by atoms with Crippen LogP contribution in [-0.2, 0) is 8.85 Å². The lowest BCUT2D eigenvalue weighted by Crippen LogP contribution is -2.35. The zero-order valence-corrected chi connectivity index (χ0v) is 13.9. The molecule has 0 aromatic heterocycles. The van der Waals surface area contributed by atoms with Crippen LogP contribution in [0.4, 0.5) is 0 Å². The molecule has 1 aliphatic carbocycles. The fourth-order valence-corrected chi connectivity index (χ4v) is 3.93. The van der Waals surface area contributed by atoms with Gasteiger partial charge in [-0.1, -0.05) is 55.9 Å². The van der Waals surface area contributed by atoms with Crippen molar-refractivity contribution in [1.29, 1.82) is 0 Å². The van der Waals surface area contributed by atoms with Gasteiger partial charge in [0.05, 0.1) is 0 Å². The van der Waals surface area contributed by atoms with Crippen LogP contribution in [0.25, 0.3) is 0 Å². The minimum absolute atomic E-state index is 1.12. The van der Waals surface area contributed by atoms with E-state index in [1.165, 1.54) is 44.9 Å². The summed E-state index contributed by atoms with van der Waals surface area (Å²) in [5.41, 5.74) is 1.54. The third kappa shape index (κ3) is 7.09. The molecule has 3 heteroatoms.